The first-order chi connectivity index (χ1) is 18.7. The van der Waals surface area contributed by atoms with Gasteiger partial charge in [-0.25, -0.2) is 4.98 Å². The van der Waals surface area contributed by atoms with Crippen LogP contribution in [-0.4, -0.2) is 42.0 Å². The molecule has 6 rings (SSSR count). The largest absolute Gasteiger partial charge is 0.336 e. The Bertz CT molecular complexity index is 1550. The Balaban J connectivity index is 1.34. The van der Waals surface area contributed by atoms with E-state index in [-0.39, 0.29) is 5.91 Å². The second-order valence-electron chi connectivity index (χ2n) is 9.35. The number of nitrogens with one attached hydrogen (secondary N) is 1. The molecule has 0 atom stereocenters. The SMILES string of the molecule is O=C(c1ccc(CN(c2nc(-c3ccc(Cl)cc3)cs2)c2cccc3ccccc23)cc1)N1CCNCC1. The van der Waals surface area contributed by atoms with Crippen molar-refractivity contribution < 1.29 is 4.79 Å². The Morgan fingerprint density at radius 2 is 1.66 bits per heavy atom. The summed E-state index contributed by atoms with van der Waals surface area (Å²) in [5, 5.41) is 9.36. The molecule has 0 radical (unpaired) electrons. The van der Waals surface area contributed by atoms with Crippen LogP contribution in [0.4, 0.5) is 10.8 Å². The minimum absolute atomic E-state index is 0.0940. The summed E-state index contributed by atoms with van der Waals surface area (Å²) < 4.78 is 0. The third-order valence-corrected chi connectivity index (χ3v) is 7.98. The number of halogens is 1. The van der Waals surface area contributed by atoms with Crippen LogP contribution in [-0.2, 0) is 6.54 Å². The van der Waals surface area contributed by atoms with Crippen molar-refractivity contribution in [2.45, 2.75) is 6.54 Å². The van der Waals surface area contributed by atoms with Crippen molar-refractivity contribution in [1.82, 2.24) is 15.2 Å². The number of carbonyl (C=O) groups excluding carboxylic acids is 1. The van der Waals surface area contributed by atoms with E-state index < -0.39 is 0 Å². The fourth-order valence-corrected chi connectivity index (χ4v) is 5.80. The molecule has 0 aliphatic carbocycles. The van der Waals surface area contributed by atoms with Gasteiger partial charge in [0, 0.05) is 53.1 Å². The predicted octanol–water partition coefficient (Wildman–Crippen LogP) is 7.00. The minimum Gasteiger partial charge on any atom is -0.336 e. The minimum atomic E-state index is 0.0940. The van der Waals surface area contributed by atoms with Crippen molar-refractivity contribution in [3.8, 4) is 11.3 Å². The van der Waals surface area contributed by atoms with Gasteiger partial charge in [-0.15, -0.1) is 11.3 Å². The Kier molecular flexibility index (Phi) is 7.10. The summed E-state index contributed by atoms with van der Waals surface area (Å²) in [7, 11) is 0. The highest BCUT2D eigenvalue weighted by molar-refractivity contribution is 7.14. The number of anilines is 2. The molecule has 7 heteroatoms. The normalized spacial score (nSPS) is 13.6. The van der Waals surface area contributed by atoms with Gasteiger partial charge in [-0.2, -0.15) is 0 Å². The van der Waals surface area contributed by atoms with Crippen molar-refractivity contribution in [1.29, 1.82) is 0 Å². The number of rotatable bonds is 6. The average molecular weight is 539 g/mol. The summed E-state index contributed by atoms with van der Waals surface area (Å²) in [4.78, 5) is 22.2. The smallest absolute Gasteiger partial charge is 0.253 e. The summed E-state index contributed by atoms with van der Waals surface area (Å²) >= 11 is 7.72. The van der Waals surface area contributed by atoms with Gasteiger partial charge in [0.1, 0.15) is 0 Å². The fourth-order valence-electron chi connectivity index (χ4n) is 4.83. The molecule has 1 N–H and O–H groups in total. The zero-order valence-corrected chi connectivity index (χ0v) is 22.4. The number of aromatic nitrogens is 1. The quantitative estimate of drug-likeness (QED) is 0.253. The number of amides is 1. The highest BCUT2D eigenvalue weighted by Gasteiger charge is 2.20. The van der Waals surface area contributed by atoms with Crippen LogP contribution < -0.4 is 10.2 Å². The monoisotopic (exact) mass is 538 g/mol. The average Bonchev–Trinajstić information content (AvgIpc) is 3.46. The van der Waals surface area contributed by atoms with Crippen molar-refractivity contribution in [3.05, 3.63) is 113 Å². The molecule has 1 aliphatic heterocycles. The maximum absolute atomic E-state index is 13.0. The van der Waals surface area contributed by atoms with E-state index in [0.717, 1.165) is 59.4 Å². The van der Waals surface area contributed by atoms with Crippen LogP contribution in [0.5, 0.6) is 0 Å². The van der Waals surface area contributed by atoms with E-state index >= 15 is 0 Å². The number of hydrogen-bond donors (Lipinski definition) is 1. The molecule has 0 spiro atoms. The van der Waals surface area contributed by atoms with Crippen molar-refractivity contribution in [2.75, 3.05) is 31.1 Å². The first-order valence-corrected chi connectivity index (χ1v) is 14.0. The summed E-state index contributed by atoms with van der Waals surface area (Å²) in [6, 6.07) is 30.6. The molecule has 1 aliphatic rings. The number of fused-ring (bicyclic) bond motifs is 1. The van der Waals surface area contributed by atoms with Crippen LogP contribution in [0.2, 0.25) is 5.02 Å². The number of piperazine rings is 1. The maximum Gasteiger partial charge on any atom is 0.253 e. The molecule has 1 aromatic heterocycles. The molecule has 0 bridgehead atoms. The maximum atomic E-state index is 13.0. The summed E-state index contributed by atoms with van der Waals surface area (Å²) in [5.74, 6) is 0.0940. The van der Waals surface area contributed by atoms with Crippen LogP contribution >= 0.6 is 22.9 Å². The van der Waals surface area contributed by atoms with E-state index in [4.69, 9.17) is 16.6 Å². The van der Waals surface area contributed by atoms with E-state index in [0.29, 0.717) is 11.6 Å². The van der Waals surface area contributed by atoms with Crippen LogP contribution in [0.1, 0.15) is 15.9 Å². The van der Waals surface area contributed by atoms with E-state index in [1.807, 2.05) is 41.3 Å². The van der Waals surface area contributed by atoms with Gasteiger partial charge in [0.2, 0.25) is 0 Å². The molecule has 2 heterocycles. The van der Waals surface area contributed by atoms with Gasteiger partial charge in [-0.1, -0.05) is 72.3 Å². The summed E-state index contributed by atoms with van der Waals surface area (Å²) in [6.07, 6.45) is 0. The summed E-state index contributed by atoms with van der Waals surface area (Å²) in [5.41, 5.74) is 4.89. The van der Waals surface area contributed by atoms with E-state index in [1.165, 1.54) is 10.8 Å². The second-order valence-corrected chi connectivity index (χ2v) is 10.6. The van der Waals surface area contributed by atoms with Gasteiger partial charge < -0.3 is 15.1 Å². The Morgan fingerprint density at radius 3 is 2.45 bits per heavy atom. The number of nitrogens with zero attached hydrogens (tertiary/aromatic N) is 3. The number of benzene rings is 4. The molecule has 1 amide bonds. The van der Waals surface area contributed by atoms with Crippen molar-refractivity contribution in [2.24, 2.45) is 0 Å². The lowest BCUT2D eigenvalue weighted by Crippen LogP contribution is -2.46. The number of thiazole rings is 1. The van der Waals surface area contributed by atoms with E-state index in [1.54, 1.807) is 11.3 Å². The first kappa shape index (κ1) is 24.6. The van der Waals surface area contributed by atoms with Gasteiger partial charge in [0.25, 0.3) is 5.91 Å². The lowest BCUT2D eigenvalue weighted by atomic mass is 10.1. The molecule has 0 unspecified atom stereocenters. The van der Waals surface area contributed by atoms with Gasteiger partial charge in [0.15, 0.2) is 5.13 Å². The van der Waals surface area contributed by atoms with Gasteiger partial charge >= 0.3 is 0 Å². The van der Waals surface area contributed by atoms with Gasteiger partial charge in [0.05, 0.1) is 17.9 Å². The molecule has 38 heavy (non-hydrogen) atoms. The van der Waals surface area contributed by atoms with Crippen LogP contribution in [0.3, 0.4) is 0 Å². The van der Waals surface area contributed by atoms with Crippen LogP contribution in [0.25, 0.3) is 22.0 Å². The number of carbonyl (C=O) groups is 1. The standard InChI is InChI=1S/C31H27ClN4OS/c32-26-14-12-24(13-15-26)28-21-38-31(34-28)36(29-7-3-5-23-4-1-2-6-27(23)29)20-22-8-10-25(11-9-22)30(37)35-18-16-33-17-19-35/h1-15,21,33H,16-20H2. The third kappa shape index (κ3) is 5.16. The summed E-state index contributed by atoms with van der Waals surface area (Å²) in [6.45, 7) is 3.81. The third-order valence-electron chi connectivity index (χ3n) is 6.87. The van der Waals surface area contributed by atoms with Crippen LogP contribution in [0.15, 0.2) is 96.4 Å². The number of hydrogen-bond acceptors (Lipinski definition) is 5. The zero-order chi connectivity index (χ0) is 25.9. The Morgan fingerprint density at radius 1 is 0.921 bits per heavy atom. The lowest BCUT2D eigenvalue weighted by Gasteiger charge is -2.27. The highest BCUT2D eigenvalue weighted by Crippen LogP contribution is 2.37. The fraction of sp³-hybridized carbons (Fsp3) is 0.161. The molecule has 4 aromatic carbocycles. The Labute approximate surface area is 231 Å². The zero-order valence-electron chi connectivity index (χ0n) is 20.8. The molecular formula is C31H27ClN4OS. The molecule has 190 valence electrons. The molecule has 1 fully saturated rings. The molecule has 5 nitrogen and oxygen atoms in total. The molecule has 0 saturated carbocycles. The van der Waals surface area contributed by atoms with Crippen LogP contribution in [0, 0.1) is 0 Å². The predicted molar refractivity (Wildman–Crippen MR) is 158 cm³/mol. The van der Waals surface area contributed by atoms with E-state index in [2.05, 4.69) is 70.2 Å². The second kappa shape index (κ2) is 11.0. The van der Waals surface area contributed by atoms with Crippen molar-refractivity contribution >= 4 is 50.4 Å². The molecule has 5 aromatic rings. The lowest BCUT2D eigenvalue weighted by molar-refractivity contribution is 0.0736. The topological polar surface area (TPSA) is 48.5 Å². The highest BCUT2D eigenvalue weighted by atomic mass is 35.5. The molecule has 1 saturated heterocycles. The Hall–Kier alpha value is -3.71. The van der Waals surface area contributed by atoms with E-state index in [9.17, 15) is 4.79 Å². The van der Waals surface area contributed by atoms with Gasteiger partial charge in [-0.05, 0) is 41.3 Å². The van der Waals surface area contributed by atoms with Gasteiger partial charge in [-0.3, -0.25) is 4.79 Å². The molecular weight excluding hydrogens is 512 g/mol. The van der Waals surface area contributed by atoms with Crippen molar-refractivity contribution in [3.63, 3.8) is 0 Å². The first-order valence-electron chi connectivity index (χ1n) is 12.7.